The number of ether oxygens (including phenoxy) is 1. The van der Waals surface area contributed by atoms with E-state index in [0.717, 1.165) is 0 Å². The first-order chi connectivity index (χ1) is 9.22. The number of carbonyl (C=O) groups excluding carboxylic acids is 1. The van der Waals surface area contributed by atoms with Crippen molar-refractivity contribution in [2.24, 2.45) is 5.41 Å². The molecule has 0 aromatic heterocycles. The standard InChI is InChI=1S/C13H15F2NO4/c1-13(2,11(18)19)7-10(17)16-8-5-3-4-6-9(8)20-12(14)15/h3-6,12H,7H2,1-2H3,(H,16,17)(H,18,19). The van der Waals surface area contributed by atoms with E-state index in [4.69, 9.17) is 5.11 Å². The van der Waals surface area contributed by atoms with E-state index in [1.165, 1.54) is 38.1 Å². The minimum Gasteiger partial charge on any atom is -0.481 e. The summed E-state index contributed by atoms with van der Waals surface area (Å²) in [6.45, 7) is -0.212. The van der Waals surface area contributed by atoms with Crippen LogP contribution < -0.4 is 10.1 Å². The summed E-state index contributed by atoms with van der Waals surface area (Å²) in [6.07, 6.45) is -0.286. The van der Waals surface area contributed by atoms with Gasteiger partial charge in [-0.1, -0.05) is 12.1 Å². The molecular formula is C13H15F2NO4. The second kappa shape index (κ2) is 6.31. The van der Waals surface area contributed by atoms with Gasteiger partial charge in [0, 0.05) is 6.42 Å². The first-order valence-corrected chi connectivity index (χ1v) is 5.79. The smallest absolute Gasteiger partial charge is 0.387 e. The Morgan fingerprint density at radius 3 is 2.50 bits per heavy atom. The minimum atomic E-state index is -3.01. The van der Waals surface area contributed by atoms with Crippen LogP contribution in [0.25, 0.3) is 0 Å². The van der Waals surface area contributed by atoms with Gasteiger partial charge in [0.15, 0.2) is 0 Å². The fourth-order valence-corrected chi connectivity index (χ4v) is 1.44. The monoisotopic (exact) mass is 287 g/mol. The van der Waals surface area contributed by atoms with Gasteiger partial charge in [0.2, 0.25) is 5.91 Å². The number of alkyl halides is 2. The lowest BCUT2D eigenvalue weighted by atomic mass is 9.89. The van der Waals surface area contributed by atoms with Crippen molar-refractivity contribution >= 4 is 17.6 Å². The molecule has 0 spiro atoms. The third kappa shape index (κ3) is 4.49. The Kier molecular flexibility index (Phi) is 5.01. The van der Waals surface area contributed by atoms with Gasteiger partial charge < -0.3 is 15.2 Å². The number of carboxylic acid groups (broad SMARTS) is 1. The Hall–Kier alpha value is -2.18. The number of aliphatic carboxylic acids is 1. The summed E-state index contributed by atoms with van der Waals surface area (Å²) in [5, 5.41) is 11.3. The maximum Gasteiger partial charge on any atom is 0.387 e. The summed E-state index contributed by atoms with van der Waals surface area (Å²) >= 11 is 0. The number of hydrogen-bond acceptors (Lipinski definition) is 3. The highest BCUT2D eigenvalue weighted by molar-refractivity contribution is 5.95. The summed E-state index contributed by atoms with van der Waals surface area (Å²) in [5.41, 5.74) is -1.18. The van der Waals surface area contributed by atoms with Crippen molar-refractivity contribution in [1.29, 1.82) is 0 Å². The van der Waals surface area contributed by atoms with Crippen molar-refractivity contribution in [3.05, 3.63) is 24.3 Å². The van der Waals surface area contributed by atoms with Crippen LogP contribution in [0.1, 0.15) is 20.3 Å². The van der Waals surface area contributed by atoms with Gasteiger partial charge in [0.1, 0.15) is 5.75 Å². The molecule has 1 aromatic carbocycles. The molecule has 1 rings (SSSR count). The highest BCUT2D eigenvalue weighted by Crippen LogP contribution is 2.27. The third-order valence-electron chi connectivity index (χ3n) is 2.56. The van der Waals surface area contributed by atoms with Gasteiger partial charge in [-0.15, -0.1) is 0 Å². The minimum absolute atomic E-state index is 0.0685. The number of para-hydroxylation sites is 2. The lowest BCUT2D eigenvalue weighted by Crippen LogP contribution is -2.29. The molecule has 110 valence electrons. The molecule has 1 aromatic rings. The molecule has 0 bridgehead atoms. The second-order valence-electron chi connectivity index (χ2n) is 4.79. The van der Waals surface area contributed by atoms with Crippen molar-refractivity contribution in [2.45, 2.75) is 26.9 Å². The van der Waals surface area contributed by atoms with Crippen molar-refractivity contribution in [3.8, 4) is 5.75 Å². The van der Waals surface area contributed by atoms with E-state index in [-0.39, 0.29) is 17.9 Å². The number of anilines is 1. The van der Waals surface area contributed by atoms with Crippen LogP contribution >= 0.6 is 0 Å². The van der Waals surface area contributed by atoms with E-state index in [1.807, 2.05) is 0 Å². The Labute approximate surface area is 114 Å². The van der Waals surface area contributed by atoms with Gasteiger partial charge >= 0.3 is 12.6 Å². The summed E-state index contributed by atoms with van der Waals surface area (Å²) in [4.78, 5) is 22.7. The van der Waals surface area contributed by atoms with Crippen LogP contribution in [0.5, 0.6) is 5.75 Å². The van der Waals surface area contributed by atoms with E-state index in [1.54, 1.807) is 0 Å². The molecule has 0 unspecified atom stereocenters. The van der Waals surface area contributed by atoms with E-state index >= 15 is 0 Å². The first kappa shape index (κ1) is 15.9. The van der Waals surface area contributed by atoms with Crippen LogP contribution in [0.2, 0.25) is 0 Å². The normalized spacial score (nSPS) is 11.2. The zero-order chi connectivity index (χ0) is 15.3. The Balaban J connectivity index is 2.78. The lowest BCUT2D eigenvalue weighted by Gasteiger charge is -2.19. The highest BCUT2D eigenvalue weighted by atomic mass is 19.3. The molecule has 7 heteroatoms. The number of halogens is 2. The maximum absolute atomic E-state index is 12.2. The molecular weight excluding hydrogens is 272 g/mol. The molecule has 0 saturated heterocycles. The highest BCUT2D eigenvalue weighted by Gasteiger charge is 2.30. The average molecular weight is 287 g/mol. The summed E-state index contributed by atoms with van der Waals surface area (Å²) in [7, 11) is 0. The van der Waals surface area contributed by atoms with Crippen molar-refractivity contribution in [1.82, 2.24) is 0 Å². The van der Waals surface area contributed by atoms with Gasteiger partial charge in [-0.3, -0.25) is 9.59 Å². The molecule has 0 aliphatic rings. The molecule has 0 aliphatic heterocycles. The molecule has 0 radical (unpaired) electrons. The number of carboxylic acids is 1. The van der Waals surface area contributed by atoms with Gasteiger partial charge in [0.25, 0.3) is 0 Å². The fraction of sp³-hybridized carbons (Fsp3) is 0.385. The van der Waals surface area contributed by atoms with Crippen LogP contribution in [-0.2, 0) is 9.59 Å². The number of benzene rings is 1. The SMILES string of the molecule is CC(C)(CC(=O)Nc1ccccc1OC(F)F)C(=O)O. The zero-order valence-electron chi connectivity index (χ0n) is 11.0. The number of rotatable bonds is 6. The predicted molar refractivity (Wildman–Crippen MR) is 67.7 cm³/mol. The Morgan fingerprint density at radius 2 is 1.95 bits per heavy atom. The van der Waals surface area contributed by atoms with Crippen LogP contribution in [0.3, 0.4) is 0 Å². The Bertz CT molecular complexity index is 503. The molecule has 1 amide bonds. The summed E-state index contributed by atoms with van der Waals surface area (Å²) in [6, 6.07) is 5.69. The quantitative estimate of drug-likeness (QED) is 0.843. The van der Waals surface area contributed by atoms with Crippen molar-refractivity contribution in [3.63, 3.8) is 0 Å². The molecule has 2 N–H and O–H groups in total. The molecule has 0 fully saturated rings. The number of hydrogen-bond donors (Lipinski definition) is 2. The number of nitrogens with one attached hydrogen (secondary N) is 1. The van der Waals surface area contributed by atoms with E-state index in [2.05, 4.69) is 10.1 Å². The predicted octanol–water partition coefficient (Wildman–Crippen LogP) is 2.73. The van der Waals surface area contributed by atoms with Crippen LogP contribution in [0.4, 0.5) is 14.5 Å². The van der Waals surface area contributed by atoms with E-state index in [0.29, 0.717) is 0 Å². The van der Waals surface area contributed by atoms with E-state index < -0.39 is 23.9 Å². The van der Waals surface area contributed by atoms with Crippen LogP contribution in [0.15, 0.2) is 24.3 Å². The molecule has 0 saturated carbocycles. The van der Waals surface area contributed by atoms with Crippen LogP contribution in [0, 0.1) is 5.41 Å². The van der Waals surface area contributed by atoms with Crippen molar-refractivity contribution in [2.75, 3.05) is 5.32 Å². The average Bonchev–Trinajstić information content (AvgIpc) is 2.30. The maximum atomic E-state index is 12.2. The summed E-state index contributed by atoms with van der Waals surface area (Å²) in [5.74, 6) is -1.89. The lowest BCUT2D eigenvalue weighted by molar-refractivity contribution is -0.148. The van der Waals surface area contributed by atoms with Crippen molar-refractivity contribution < 1.29 is 28.2 Å². The third-order valence-corrected chi connectivity index (χ3v) is 2.56. The molecule has 20 heavy (non-hydrogen) atoms. The Morgan fingerprint density at radius 1 is 1.35 bits per heavy atom. The molecule has 5 nitrogen and oxygen atoms in total. The second-order valence-corrected chi connectivity index (χ2v) is 4.79. The van der Waals surface area contributed by atoms with Gasteiger partial charge in [-0.2, -0.15) is 8.78 Å². The van der Waals surface area contributed by atoms with Gasteiger partial charge in [-0.25, -0.2) is 0 Å². The molecule has 0 aliphatic carbocycles. The fourth-order valence-electron chi connectivity index (χ4n) is 1.44. The van der Waals surface area contributed by atoms with E-state index in [9.17, 15) is 18.4 Å². The molecule has 0 atom stereocenters. The largest absolute Gasteiger partial charge is 0.481 e. The van der Waals surface area contributed by atoms with Gasteiger partial charge in [-0.05, 0) is 26.0 Å². The van der Waals surface area contributed by atoms with Gasteiger partial charge in [0.05, 0.1) is 11.1 Å². The molecule has 0 heterocycles. The topological polar surface area (TPSA) is 75.6 Å². The number of amides is 1. The zero-order valence-corrected chi connectivity index (χ0v) is 11.0. The number of carbonyl (C=O) groups is 2. The summed E-state index contributed by atoms with van der Waals surface area (Å²) < 4.78 is 28.7. The van der Waals surface area contributed by atoms with Crippen LogP contribution in [-0.4, -0.2) is 23.6 Å². The first-order valence-electron chi connectivity index (χ1n) is 5.79.